The van der Waals surface area contributed by atoms with E-state index in [9.17, 15) is 0 Å². The number of hydrazone groups is 1. The van der Waals surface area contributed by atoms with Crippen LogP contribution in [0.1, 0.15) is 5.56 Å². The number of hydrogen-bond acceptors (Lipinski definition) is 4. The molecule has 0 spiro atoms. The summed E-state index contributed by atoms with van der Waals surface area (Å²) in [6, 6.07) is 8.21. The lowest BCUT2D eigenvalue weighted by atomic mass is 10.1. The maximum atomic E-state index is 5.29. The molecule has 0 amide bonds. The molecule has 1 heterocycles. The van der Waals surface area contributed by atoms with E-state index in [1.54, 1.807) is 24.2 Å². The van der Waals surface area contributed by atoms with Crippen LogP contribution < -0.4 is 11.2 Å². The molecule has 2 aromatic rings. The van der Waals surface area contributed by atoms with Crippen LogP contribution in [0.4, 0.5) is 0 Å². The lowest BCUT2D eigenvalue weighted by molar-refractivity contribution is 1.04. The zero-order valence-electron chi connectivity index (χ0n) is 10.3. The maximum absolute atomic E-state index is 5.29. The molecular weight excluding hydrogens is 278 g/mol. The van der Waals surface area contributed by atoms with Crippen LogP contribution in [0, 0.1) is 0 Å². The molecule has 98 valence electrons. The van der Waals surface area contributed by atoms with Gasteiger partial charge in [0.1, 0.15) is 0 Å². The third-order valence-electron chi connectivity index (χ3n) is 2.43. The molecule has 0 saturated heterocycles. The first kappa shape index (κ1) is 13.6. The maximum Gasteiger partial charge on any atom is 0.184 e. The second kappa shape index (κ2) is 6.35. The second-order valence-corrected chi connectivity index (χ2v) is 4.98. The fourth-order valence-corrected chi connectivity index (χ4v) is 2.01. The number of thioether (sulfide) groups is 1. The summed E-state index contributed by atoms with van der Waals surface area (Å²) in [7, 11) is 0. The van der Waals surface area contributed by atoms with Crippen LogP contribution in [0.15, 0.2) is 40.5 Å². The topological polar surface area (TPSA) is 79.1 Å². The van der Waals surface area contributed by atoms with E-state index in [1.807, 2.05) is 18.4 Å². The Kier molecular flexibility index (Phi) is 4.53. The number of thiocarbonyl (C=S) groups is 1. The highest BCUT2D eigenvalue weighted by Crippen LogP contribution is 2.23. The average Bonchev–Trinajstić information content (AvgIpc) is 2.87. The second-order valence-electron chi connectivity index (χ2n) is 3.66. The molecule has 5 nitrogen and oxygen atoms in total. The lowest BCUT2D eigenvalue weighted by Gasteiger charge is -2.01. The van der Waals surface area contributed by atoms with Crippen LogP contribution in [0.5, 0.6) is 0 Å². The van der Waals surface area contributed by atoms with Gasteiger partial charge in [-0.2, -0.15) is 10.2 Å². The van der Waals surface area contributed by atoms with Crippen LogP contribution in [0.2, 0.25) is 0 Å². The standard InChI is InChI=1S/C12H13N5S2/c1-19-10-4-2-8(3-5-10)11-9(6-14-16-11)7-15-17-12(13)18/h2-7H,1H3,(H,14,16)(H3,13,17,18)/b15-7+. The van der Waals surface area contributed by atoms with Gasteiger partial charge in [0.15, 0.2) is 5.11 Å². The number of benzene rings is 1. The first-order chi connectivity index (χ1) is 9.20. The lowest BCUT2D eigenvalue weighted by Crippen LogP contribution is -2.23. The summed E-state index contributed by atoms with van der Waals surface area (Å²) in [4.78, 5) is 1.22. The van der Waals surface area contributed by atoms with Gasteiger partial charge >= 0.3 is 0 Å². The Morgan fingerprint density at radius 1 is 1.47 bits per heavy atom. The fourth-order valence-electron chi connectivity index (χ4n) is 1.55. The summed E-state index contributed by atoms with van der Waals surface area (Å²) < 4.78 is 0. The summed E-state index contributed by atoms with van der Waals surface area (Å²) in [5.41, 5.74) is 10.6. The van der Waals surface area contributed by atoms with Gasteiger partial charge in [-0.05, 0) is 30.6 Å². The van der Waals surface area contributed by atoms with Gasteiger partial charge in [0.25, 0.3) is 0 Å². The van der Waals surface area contributed by atoms with E-state index in [1.165, 1.54) is 4.90 Å². The number of aromatic amines is 1. The third-order valence-corrected chi connectivity index (χ3v) is 3.26. The molecule has 7 heteroatoms. The van der Waals surface area contributed by atoms with Crippen LogP contribution in [0.3, 0.4) is 0 Å². The number of H-pyrrole nitrogens is 1. The van der Waals surface area contributed by atoms with Gasteiger partial charge in [0.05, 0.1) is 18.1 Å². The van der Waals surface area contributed by atoms with Crippen molar-refractivity contribution in [3.63, 3.8) is 0 Å². The van der Waals surface area contributed by atoms with E-state index >= 15 is 0 Å². The summed E-state index contributed by atoms with van der Waals surface area (Å²) in [5.74, 6) is 0. The molecule has 0 radical (unpaired) electrons. The van der Waals surface area contributed by atoms with Crippen LogP contribution in [-0.2, 0) is 0 Å². The highest BCUT2D eigenvalue weighted by atomic mass is 32.2. The number of nitrogens with two attached hydrogens (primary N) is 1. The Morgan fingerprint density at radius 3 is 2.84 bits per heavy atom. The molecule has 0 saturated carbocycles. The molecule has 1 aromatic carbocycles. The number of hydrogen-bond donors (Lipinski definition) is 3. The summed E-state index contributed by atoms with van der Waals surface area (Å²) >= 11 is 6.38. The number of nitrogens with one attached hydrogen (secondary N) is 2. The van der Waals surface area contributed by atoms with Gasteiger partial charge in [0, 0.05) is 16.0 Å². The zero-order chi connectivity index (χ0) is 13.7. The minimum Gasteiger partial charge on any atom is -0.375 e. The summed E-state index contributed by atoms with van der Waals surface area (Å²) in [6.45, 7) is 0. The molecular formula is C12H13N5S2. The summed E-state index contributed by atoms with van der Waals surface area (Å²) in [6.07, 6.45) is 5.37. The van der Waals surface area contributed by atoms with Gasteiger partial charge in [-0.1, -0.05) is 12.1 Å². The average molecular weight is 291 g/mol. The predicted octanol–water partition coefficient (Wildman–Crippen LogP) is 1.97. The number of aromatic nitrogens is 2. The molecule has 0 atom stereocenters. The molecule has 4 N–H and O–H groups in total. The van der Waals surface area contributed by atoms with Crippen molar-refractivity contribution in [1.82, 2.24) is 15.6 Å². The van der Waals surface area contributed by atoms with E-state index in [4.69, 9.17) is 5.73 Å². The summed E-state index contributed by atoms with van der Waals surface area (Å²) in [5, 5.41) is 11.0. The molecule has 19 heavy (non-hydrogen) atoms. The van der Waals surface area contributed by atoms with Crippen molar-refractivity contribution in [2.24, 2.45) is 10.8 Å². The minimum absolute atomic E-state index is 0.130. The van der Waals surface area contributed by atoms with Crippen molar-refractivity contribution < 1.29 is 0 Å². The van der Waals surface area contributed by atoms with Crippen LogP contribution >= 0.6 is 24.0 Å². The SMILES string of the molecule is CSc1ccc(-c2[nH]ncc2/C=N/NC(N)=S)cc1. The normalized spacial score (nSPS) is 10.8. The molecule has 1 aromatic heterocycles. The van der Waals surface area contributed by atoms with E-state index in [0.29, 0.717) is 0 Å². The first-order valence-electron chi connectivity index (χ1n) is 5.47. The van der Waals surface area contributed by atoms with Gasteiger partial charge in [-0.3, -0.25) is 10.5 Å². The first-order valence-corrected chi connectivity index (χ1v) is 7.10. The van der Waals surface area contributed by atoms with E-state index in [-0.39, 0.29) is 5.11 Å². The predicted molar refractivity (Wildman–Crippen MR) is 83.3 cm³/mol. The van der Waals surface area contributed by atoms with Crippen molar-refractivity contribution >= 4 is 35.3 Å². The molecule has 0 aliphatic carbocycles. The molecule has 0 unspecified atom stereocenters. The van der Waals surface area contributed by atoms with Crippen LogP contribution in [-0.4, -0.2) is 27.8 Å². The van der Waals surface area contributed by atoms with Crippen molar-refractivity contribution in [2.75, 3.05) is 6.26 Å². The van der Waals surface area contributed by atoms with Gasteiger partial charge in [-0.15, -0.1) is 11.8 Å². The monoisotopic (exact) mass is 291 g/mol. The third kappa shape index (κ3) is 3.55. The highest BCUT2D eigenvalue weighted by molar-refractivity contribution is 7.98. The quantitative estimate of drug-likeness (QED) is 0.347. The van der Waals surface area contributed by atoms with Crippen molar-refractivity contribution in [2.45, 2.75) is 4.90 Å². The van der Waals surface area contributed by atoms with Gasteiger partial charge in [0.2, 0.25) is 0 Å². The van der Waals surface area contributed by atoms with Crippen LogP contribution in [0.25, 0.3) is 11.3 Å². The Morgan fingerprint density at radius 2 is 2.21 bits per heavy atom. The molecule has 0 aliphatic rings. The smallest absolute Gasteiger partial charge is 0.184 e. The number of rotatable bonds is 4. The molecule has 0 aliphatic heterocycles. The molecule has 0 bridgehead atoms. The minimum atomic E-state index is 0.130. The van der Waals surface area contributed by atoms with Crippen molar-refractivity contribution in [1.29, 1.82) is 0 Å². The van der Waals surface area contributed by atoms with E-state index in [2.05, 4.69) is 45.1 Å². The van der Waals surface area contributed by atoms with Gasteiger partial charge in [-0.25, -0.2) is 0 Å². The van der Waals surface area contributed by atoms with Crippen molar-refractivity contribution in [3.8, 4) is 11.3 Å². The Hall–Kier alpha value is -1.86. The van der Waals surface area contributed by atoms with E-state index < -0.39 is 0 Å². The number of nitrogens with zero attached hydrogens (tertiary/aromatic N) is 2. The van der Waals surface area contributed by atoms with E-state index in [0.717, 1.165) is 16.8 Å². The highest BCUT2D eigenvalue weighted by Gasteiger charge is 2.05. The Balaban J connectivity index is 2.22. The largest absolute Gasteiger partial charge is 0.375 e. The fraction of sp³-hybridized carbons (Fsp3) is 0.0833. The Labute approximate surface area is 120 Å². The Bertz CT molecular complexity index is 588. The van der Waals surface area contributed by atoms with Crippen molar-refractivity contribution in [3.05, 3.63) is 36.0 Å². The molecule has 0 fully saturated rings. The van der Waals surface area contributed by atoms with Gasteiger partial charge < -0.3 is 5.73 Å². The molecule has 2 rings (SSSR count). The zero-order valence-corrected chi connectivity index (χ0v) is 11.9.